The number of carbonyl (C=O) groups is 1. The molecule has 30 heavy (non-hydrogen) atoms. The summed E-state index contributed by atoms with van der Waals surface area (Å²) in [5.74, 6) is -0.685. The molecule has 3 aromatic rings. The number of benzene rings is 3. The lowest BCUT2D eigenvalue weighted by Crippen LogP contribution is -2.51. The van der Waals surface area contributed by atoms with Crippen molar-refractivity contribution in [1.29, 1.82) is 0 Å². The van der Waals surface area contributed by atoms with Crippen molar-refractivity contribution in [2.75, 3.05) is 38.0 Å². The number of nitrogens with zero attached hydrogens (tertiary/aromatic N) is 2. The van der Waals surface area contributed by atoms with Crippen LogP contribution in [0.2, 0.25) is 0 Å². The lowest BCUT2D eigenvalue weighted by Gasteiger charge is -2.34. The highest BCUT2D eigenvalue weighted by Crippen LogP contribution is 2.23. The van der Waals surface area contributed by atoms with Gasteiger partial charge in [0.2, 0.25) is 15.9 Å². The molecule has 1 fully saturated rings. The summed E-state index contributed by atoms with van der Waals surface area (Å²) in [5, 5.41) is 5.32. The van der Waals surface area contributed by atoms with E-state index in [1.165, 1.54) is 22.5 Å². The van der Waals surface area contributed by atoms with Crippen molar-refractivity contribution in [3.63, 3.8) is 0 Å². The van der Waals surface area contributed by atoms with Crippen LogP contribution < -0.4 is 5.32 Å². The molecule has 0 bridgehead atoms. The number of halogens is 1. The number of piperazine rings is 1. The number of hydrogen-bond donors (Lipinski definition) is 1. The highest BCUT2D eigenvalue weighted by molar-refractivity contribution is 7.89. The van der Waals surface area contributed by atoms with Gasteiger partial charge in [-0.15, -0.1) is 0 Å². The van der Waals surface area contributed by atoms with E-state index in [9.17, 15) is 17.6 Å². The Labute approximate surface area is 175 Å². The first-order chi connectivity index (χ1) is 14.4. The van der Waals surface area contributed by atoms with Crippen LogP contribution in [0.4, 0.5) is 10.1 Å². The number of sulfonamides is 1. The molecule has 3 aromatic carbocycles. The Hall–Kier alpha value is -2.97. The van der Waals surface area contributed by atoms with E-state index in [0.29, 0.717) is 13.1 Å². The van der Waals surface area contributed by atoms with Crippen LogP contribution >= 0.6 is 0 Å². The number of amides is 1. The Morgan fingerprint density at radius 3 is 2.40 bits per heavy atom. The van der Waals surface area contributed by atoms with Crippen molar-refractivity contribution in [3.05, 3.63) is 72.5 Å². The van der Waals surface area contributed by atoms with Crippen molar-refractivity contribution in [3.8, 4) is 0 Å². The zero-order chi connectivity index (χ0) is 21.1. The average molecular weight is 428 g/mol. The fraction of sp³-hybridized carbons (Fsp3) is 0.227. The fourth-order valence-electron chi connectivity index (χ4n) is 3.62. The Kier molecular flexibility index (Phi) is 5.69. The maximum Gasteiger partial charge on any atom is 0.243 e. The molecule has 0 spiro atoms. The van der Waals surface area contributed by atoms with Gasteiger partial charge in [0.1, 0.15) is 5.82 Å². The molecule has 156 valence electrons. The third kappa shape index (κ3) is 4.15. The van der Waals surface area contributed by atoms with Gasteiger partial charge < -0.3 is 10.2 Å². The molecule has 0 atom stereocenters. The molecule has 0 aromatic heterocycles. The smallest absolute Gasteiger partial charge is 0.243 e. The van der Waals surface area contributed by atoms with Crippen molar-refractivity contribution in [1.82, 2.24) is 9.21 Å². The normalized spacial score (nSPS) is 15.3. The van der Waals surface area contributed by atoms with Gasteiger partial charge in [0, 0.05) is 37.3 Å². The third-order valence-corrected chi connectivity index (χ3v) is 7.14. The fourth-order valence-corrected chi connectivity index (χ4v) is 5.07. The summed E-state index contributed by atoms with van der Waals surface area (Å²) in [7, 11) is -3.77. The van der Waals surface area contributed by atoms with E-state index >= 15 is 0 Å². The lowest BCUT2D eigenvalue weighted by atomic mass is 10.1. The molecule has 1 amide bonds. The quantitative estimate of drug-likeness (QED) is 0.680. The number of rotatable bonds is 5. The van der Waals surface area contributed by atoms with Gasteiger partial charge in [0.15, 0.2) is 0 Å². The minimum atomic E-state index is -3.77. The molecule has 0 radical (unpaired) electrons. The molecule has 6 nitrogen and oxygen atoms in total. The van der Waals surface area contributed by atoms with E-state index in [4.69, 9.17) is 0 Å². The SMILES string of the molecule is O=C(CNc1cccc2ccccc12)N1CCN(S(=O)(=O)c2cccc(F)c2)CC1. The molecule has 1 saturated heterocycles. The molecule has 0 unspecified atom stereocenters. The third-order valence-electron chi connectivity index (χ3n) is 5.24. The van der Waals surface area contributed by atoms with E-state index in [0.717, 1.165) is 22.5 Å². The first-order valence-electron chi connectivity index (χ1n) is 9.70. The Morgan fingerprint density at radius 2 is 1.63 bits per heavy atom. The van der Waals surface area contributed by atoms with Gasteiger partial charge in [-0.3, -0.25) is 4.79 Å². The number of anilines is 1. The summed E-state index contributed by atoms with van der Waals surface area (Å²) < 4.78 is 40.1. The van der Waals surface area contributed by atoms with Crippen LogP contribution in [-0.2, 0) is 14.8 Å². The van der Waals surface area contributed by atoms with Crippen molar-refractivity contribution >= 4 is 32.4 Å². The number of nitrogens with one attached hydrogen (secondary N) is 1. The van der Waals surface area contributed by atoms with Crippen LogP contribution in [0.3, 0.4) is 0 Å². The van der Waals surface area contributed by atoms with Crippen molar-refractivity contribution in [2.45, 2.75) is 4.90 Å². The summed E-state index contributed by atoms with van der Waals surface area (Å²) in [4.78, 5) is 14.2. The Balaban J connectivity index is 1.36. The molecule has 1 aliphatic heterocycles. The van der Waals surface area contributed by atoms with E-state index in [2.05, 4.69) is 5.32 Å². The second-order valence-corrected chi connectivity index (χ2v) is 9.06. The summed E-state index contributed by atoms with van der Waals surface area (Å²) in [6.07, 6.45) is 0. The second-order valence-electron chi connectivity index (χ2n) is 7.12. The number of hydrogen-bond acceptors (Lipinski definition) is 4. The number of fused-ring (bicyclic) bond motifs is 1. The zero-order valence-corrected chi connectivity index (χ0v) is 17.1. The first-order valence-corrected chi connectivity index (χ1v) is 11.1. The minimum absolute atomic E-state index is 0.0695. The summed E-state index contributed by atoms with van der Waals surface area (Å²) in [5.41, 5.74) is 0.883. The largest absolute Gasteiger partial charge is 0.376 e. The van der Waals surface area contributed by atoms with Gasteiger partial charge >= 0.3 is 0 Å². The van der Waals surface area contributed by atoms with E-state index in [1.54, 1.807) is 4.90 Å². The van der Waals surface area contributed by atoms with Crippen LogP contribution in [0.25, 0.3) is 10.8 Å². The monoisotopic (exact) mass is 427 g/mol. The van der Waals surface area contributed by atoms with Crippen LogP contribution in [0.1, 0.15) is 0 Å². The Bertz CT molecular complexity index is 1170. The zero-order valence-electron chi connectivity index (χ0n) is 16.3. The lowest BCUT2D eigenvalue weighted by molar-refractivity contribution is -0.130. The van der Waals surface area contributed by atoms with Crippen LogP contribution in [0.15, 0.2) is 71.6 Å². The molecule has 0 aliphatic carbocycles. The number of carbonyl (C=O) groups excluding carboxylic acids is 1. The van der Waals surface area contributed by atoms with Gasteiger partial charge in [-0.25, -0.2) is 12.8 Å². The van der Waals surface area contributed by atoms with Crippen molar-refractivity contribution < 1.29 is 17.6 Å². The van der Waals surface area contributed by atoms with E-state index in [1.807, 2.05) is 42.5 Å². The first kappa shape index (κ1) is 20.3. The Morgan fingerprint density at radius 1 is 0.933 bits per heavy atom. The van der Waals surface area contributed by atoms with Gasteiger partial charge in [-0.1, -0.05) is 42.5 Å². The molecule has 8 heteroatoms. The van der Waals surface area contributed by atoms with Gasteiger partial charge in [0.05, 0.1) is 11.4 Å². The molecule has 0 saturated carbocycles. The maximum absolute atomic E-state index is 13.4. The van der Waals surface area contributed by atoms with Crippen LogP contribution in [0.5, 0.6) is 0 Å². The predicted octanol–water partition coefficient (Wildman–Crippen LogP) is 2.92. The standard InChI is InChI=1S/C22H22FN3O3S/c23-18-7-4-8-19(15-18)30(28,29)26-13-11-25(12-14-26)22(27)16-24-21-10-3-6-17-5-1-2-9-20(17)21/h1-10,15,24H,11-14,16H2. The topological polar surface area (TPSA) is 69.7 Å². The van der Waals surface area contributed by atoms with Gasteiger partial charge in [0.25, 0.3) is 0 Å². The molecule has 1 N–H and O–H groups in total. The highest BCUT2D eigenvalue weighted by Gasteiger charge is 2.30. The highest BCUT2D eigenvalue weighted by atomic mass is 32.2. The summed E-state index contributed by atoms with van der Waals surface area (Å²) in [6, 6.07) is 18.8. The molecule has 1 heterocycles. The second kappa shape index (κ2) is 8.41. The molecular weight excluding hydrogens is 405 g/mol. The summed E-state index contributed by atoms with van der Waals surface area (Å²) in [6.45, 7) is 1.08. The molecule has 4 rings (SSSR count). The van der Waals surface area contributed by atoms with Gasteiger partial charge in [-0.2, -0.15) is 4.31 Å². The molecule has 1 aliphatic rings. The van der Waals surface area contributed by atoms with Crippen LogP contribution in [0, 0.1) is 5.82 Å². The van der Waals surface area contributed by atoms with E-state index in [-0.39, 0.29) is 30.4 Å². The van der Waals surface area contributed by atoms with Gasteiger partial charge in [-0.05, 0) is 29.7 Å². The summed E-state index contributed by atoms with van der Waals surface area (Å²) >= 11 is 0. The van der Waals surface area contributed by atoms with Crippen LogP contribution in [-0.4, -0.2) is 56.3 Å². The minimum Gasteiger partial charge on any atom is -0.376 e. The predicted molar refractivity (Wildman–Crippen MR) is 114 cm³/mol. The van der Waals surface area contributed by atoms with Crippen molar-refractivity contribution in [2.24, 2.45) is 0 Å². The molecular formula is C22H22FN3O3S. The average Bonchev–Trinajstić information content (AvgIpc) is 2.77. The maximum atomic E-state index is 13.4. The van der Waals surface area contributed by atoms with E-state index < -0.39 is 15.8 Å².